The third kappa shape index (κ3) is 3.72. The Bertz CT molecular complexity index is 1400. The average Bonchev–Trinajstić information content (AvgIpc) is 3.33. The molecule has 31 heavy (non-hydrogen) atoms. The summed E-state index contributed by atoms with van der Waals surface area (Å²) in [7, 11) is 0. The van der Waals surface area contributed by atoms with Crippen LogP contribution in [-0.4, -0.2) is 35.9 Å². The van der Waals surface area contributed by atoms with Crippen molar-refractivity contribution in [3.05, 3.63) is 90.2 Å². The van der Waals surface area contributed by atoms with Crippen LogP contribution in [0.4, 0.5) is 5.69 Å². The lowest BCUT2D eigenvalue weighted by molar-refractivity contribution is 0.102. The fourth-order valence-electron chi connectivity index (χ4n) is 3.24. The van der Waals surface area contributed by atoms with Gasteiger partial charge in [-0.05, 0) is 29.8 Å². The molecule has 9 heteroatoms. The number of carbonyl (C=O) groups is 1. The van der Waals surface area contributed by atoms with E-state index < -0.39 is 0 Å². The lowest BCUT2D eigenvalue weighted by atomic mass is 10.0. The van der Waals surface area contributed by atoms with Crippen LogP contribution in [-0.2, 0) is 0 Å². The van der Waals surface area contributed by atoms with Crippen molar-refractivity contribution in [3.63, 3.8) is 0 Å². The Labute approximate surface area is 181 Å². The number of nitrogens with zero attached hydrogens (tertiary/aromatic N) is 6. The molecule has 0 aliphatic carbocycles. The summed E-state index contributed by atoms with van der Waals surface area (Å²) >= 11 is 6.28. The number of aromatic nitrogens is 6. The molecule has 5 rings (SSSR count). The first-order valence-corrected chi connectivity index (χ1v) is 9.69. The van der Waals surface area contributed by atoms with Crippen LogP contribution in [0.25, 0.3) is 27.8 Å². The van der Waals surface area contributed by atoms with Gasteiger partial charge in [0.2, 0.25) is 0 Å². The topological polar surface area (TPSA) is 98.5 Å². The Balaban J connectivity index is 1.42. The van der Waals surface area contributed by atoms with Crippen LogP contribution < -0.4 is 5.32 Å². The van der Waals surface area contributed by atoms with E-state index >= 15 is 0 Å². The van der Waals surface area contributed by atoms with E-state index in [9.17, 15) is 4.79 Å². The molecule has 0 saturated carbocycles. The number of nitrogens with one attached hydrogen (secondary N) is 1. The minimum absolute atomic E-state index is 0.309. The molecule has 0 atom stereocenters. The van der Waals surface area contributed by atoms with Gasteiger partial charge in [-0.3, -0.25) is 14.8 Å². The maximum absolute atomic E-state index is 12.8. The lowest BCUT2D eigenvalue weighted by Crippen LogP contribution is -2.13. The number of hydrogen-bond acceptors (Lipinski definition) is 6. The van der Waals surface area contributed by atoms with Gasteiger partial charge in [-0.1, -0.05) is 29.8 Å². The van der Waals surface area contributed by atoms with Gasteiger partial charge in [0, 0.05) is 29.5 Å². The molecule has 0 aliphatic rings. The van der Waals surface area contributed by atoms with E-state index in [-0.39, 0.29) is 5.91 Å². The number of carbonyl (C=O) groups excluding carboxylic acids is 1. The van der Waals surface area contributed by atoms with Crippen LogP contribution in [0.3, 0.4) is 0 Å². The van der Waals surface area contributed by atoms with E-state index in [0.717, 1.165) is 22.0 Å². The summed E-state index contributed by atoms with van der Waals surface area (Å²) in [4.78, 5) is 27.0. The molecule has 0 bridgehead atoms. The molecule has 1 amide bonds. The zero-order valence-electron chi connectivity index (χ0n) is 16.0. The van der Waals surface area contributed by atoms with Gasteiger partial charge >= 0.3 is 0 Å². The Morgan fingerprint density at radius 3 is 2.65 bits per heavy atom. The van der Waals surface area contributed by atoms with Crippen molar-refractivity contribution in [2.45, 2.75) is 0 Å². The standard InChI is InChI=1S/C22H14ClN7O/c23-19-10-16(13-26-21(19)30-27-7-8-28-30)29-22(31)15-9-14(11-24-12-15)17-3-1-5-20-18(17)4-2-6-25-20/h1-13H,(H,29,31). The van der Waals surface area contributed by atoms with Crippen LogP contribution in [0.2, 0.25) is 5.02 Å². The van der Waals surface area contributed by atoms with Gasteiger partial charge < -0.3 is 5.32 Å². The molecule has 8 nitrogen and oxygen atoms in total. The van der Waals surface area contributed by atoms with E-state index in [1.165, 1.54) is 29.6 Å². The molecule has 0 aliphatic heterocycles. The molecule has 1 N–H and O–H groups in total. The second-order valence-corrected chi connectivity index (χ2v) is 7.05. The Morgan fingerprint density at radius 2 is 1.81 bits per heavy atom. The Hall–Kier alpha value is -4.17. The summed E-state index contributed by atoms with van der Waals surface area (Å²) in [5.41, 5.74) is 3.51. The third-order valence-electron chi connectivity index (χ3n) is 4.64. The first-order chi connectivity index (χ1) is 15.2. The first-order valence-electron chi connectivity index (χ1n) is 9.32. The van der Waals surface area contributed by atoms with Gasteiger partial charge in [0.1, 0.15) is 0 Å². The third-order valence-corrected chi connectivity index (χ3v) is 4.92. The maximum atomic E-state index is 12.8. The smallest absolute Gasteiger partial charge is 0.257 e. The molecule has 0 unspecified atom stereocenters. The van der Waals surface area contributed by atoms with Crippen molar-refractivity contribution in [2.24, 2.45) is 0 Å². The van der Waals surface area contributed by atoms with Crippen LogP contribution >= 0.6 is 11.6 Å². The second-order valence-electron chi connectivity index (χ2n) is 6.64. The van der Waals surface area contributed by atoms with Gasteiger partial charge in [0.05, 0.1) is 40.4 Å². The van der Waals surface area contributed by atoms with E-state index in [4.69, 9.17) is 11.6 Å². The minimum atomic E-state index is -0.324. The van der Waals surface area contributed by atoms with E-state index in [1.54, 1.807) is 24.5 Å². The van der Waals surface area contributed by atoms with Crippen molar-refractivity contribution in [2.75, 3.05) is 5.32 Å². The molecular formula is C22H14ClN7O. The van der Waals surface area contributed by atoms with Crippen LogP contribution in [0.15, 0.2) is 79.6 Å². The average molecular weight is 428 g/mol. The molecule has 0 spiro atoms. The van der Waals surface area contributed by atoms with E-state index in [0.29, 0.717) is 22.1 Å². The summed E-state index contributed by atoms with van der Waals surface area (Å²) < 4.78 is 0. The number of halogens is 1. The number of rotatable bonds is 4. The monoisotopic (exact) mass is 427 g/mol. The van der Waals surface area contributed by atoms with Crippen molar-refractivity contribution in [1.82, 2.24) is 29.9 Å². The Morgan fingerprint density at radius 1 is 0.935 bits per heavy atom. The maximum Gasteiger partial charge on any atom is 0.257 e. The Kier molecular flexibility index (Phi) is 4.81. The predicted molar refractivity (Wildman–Crippen MR) is 117 cm³/mol. The van der Waals surface area contributed by atoms with E-state index in [2.05, 4.69) is 30.5 Å². The summed E-state index contributed by atoms with van der Waals surface area (Å²) in [6, 6.07) is 13.1. The van der Waals surface area contributed by atoms with Crippen molar-refractivity contribution >= 4 is 34.1 Å². The number of benzene rings is 1. The van der Waals surface area contributed by atoms with Crippen LogP contribution in [0.5, 0.6) is 0 Å². The molecule has 1 aromatic carbocycles. The molecule has 4 heterocycles. The summed E-state index contributed by atoms with van der Waals surface area (Å²) in [6.07, 6.45) is 9.54. The second kappa shape index (κ2) is 7.92. The molecule has 0 fully saturated rings. The van der Waals surface area contributed by atoms with Crippen LogP contribution in [0.1, 0.15) is 10.4 Å². The summed E-state index contributed by atoms with van der Waals surface area (Å²) in [5.74, 6) is 0.0495. The molecule has 0 saturated heterocycles. The molecule has 150 valence electrons. The number of hydrogen-bond donors (Lipinski definition) is 1. The fourth-order valence-corrected chi connectivity index (χ4v) is 3.48. The number of pyridine rings is 3. The SMILES string of the molecule is O=C(Nc1cnc(-n2nccn2)c(Cl)c1)c1cncc(-c2cccc3ncccc23)c1. The molecule has 5 aromatic rings. The summed E-state index contributed by atoms with van der Waals surface area (Å²) in [5, 5.41) is 12.1. The lowest BCUT2D eigenvalue weighted by Gasteiger charge is -2.09. The quantitative estimate of drug-likeness (QED) is 0.462. The number of anilines is 1. The van der Waals surface area contributed by atoms with E-state index in [1.807, 2.05) is 30.3 Å². The van der Waals surface area contributed by atoms with Crippen LogP contribution in [0, 0.1) is 0 Å². The molecule has 4 aromatic heterocycles. The highest BCUT2D eigenvalue weighted by Crippen LogP contribution is 2.28. The highest BCUT2D eigenvalue weighted by atomic mass is 35.5. The minimum Gasteiger partial charge on any atom is -0.320 e. The zero-order chi connectivity index (χ0) is 21.2. The number of amides is 1. The van der Waals surface area contributed by atoms with Gasteiger partial charge in [-0.25, -0.2) is 4.98 Å². The van der Waals surface area contributed by atoms with Crippen molar-refractivity contribution in [1.29, 1.82) is 0 Å². The highest BCUT2D eigenvalue weighted by molar-refractivity contribution is 6.32. The predicted octanol–water partition coefficient (Wildman–Crippen LogP) is 4.18. The van der Waals surface area contributed by atoms with Crippen molar-refractivity contribution < 1.29 is 4.79 Å². The fraction of sp³-hybridized carbons (Fsp3) is 0. The number of fused-ring (bicyclic) bond motifs is 1. The normalized spacial score (nSPS) is 10.9. The van der Waals surface area contributed by atoms with Crippen molar-refractivity contribution in [3.8, 4) is 16.9 Å². The molecule has 0 radical (unpaired) electrons. The van der Waals surface area contributed by atoms with Gasteiger partial charge in [-0.15, -0.1) is 4.80 Å². The first kappa shape index (κ1) is 18.8. The van der Waals surface area contributed by atoms with Gasteiger partial charge in [0.25, 0.3) is 5.91 Å². The van der Waals surface area contributed by atoms with Gasteiger partial charge in [-0.2, -0.15) is 10.2 Å². The molecular weight excluding hydrogens is 414 g/mol. The van der Waals surface area contributed by atoms with Gasteiger partial charge in [0.15, 0.2) is 5.82 Å². The summed E-state index contributed by atoms with van der Waals surface area (Å²) in [6.45, 7) is 0. The zero-order valence-corrected chi connectivity index (χ0v) is 16.7. The largest absolute Gasteiger partial charge is 0.320 e. The highest BCUT2D eigenvalue weighted by Gasteiger charge is 2.13.